The van der Waals surface area contributed by atoms with Gasteiger partial charge in [0.15, 0.2) is 0 Å². The SMILES string of the molecule is CC1C(=O)CC[N+](C)(C)C1(C)C. The first kappa shape index (κ1) is 9.72. The summed E-state index contributed by atoms with van der Waals surface area (Å²) in [6.45, 7) is 7.42. The van der Waals surface area contributed by atoms with Crippen molar-refractivity contribution in [3.8, 4) is 0 Å². The molecular formula is C10H20NO+. The van der Waals surface area contributed by atoms with Crippen LogP contribution in [-0.2, 0) is 4.79 Å². The number of carbonyl (C=O) groups excluding carboxylic acids is 1. The summed E-state index contributed by atoms with van der Waals surface area (Å²) in [5.74, 6) is 0.624. The van der Waals surface area contributed by atoms with Crippen molar-refractivity contribution in [2.45, 2.75) is 32.7 Å². The number of piperidine rings is 1. The molecule has 1 unspecified atom stereocenters. The van der Waals surface area contributed by atoms with Gasteiger partial charge in [0.25, 0.3) is 0 Å². The third kappa shape index (κ3) is 1.18. The molecule has 1 fully saturated rings. The van der Waals surface area contributed by atoms with Crippen LogP contribution in [0.4, 0.5) is 0 Å². The van der Waals surface area contributed by atoms with Crippen LogP contribution in [0.25, 0.3) is 0 Å². The Kier molecular flexibility index (Phi) is 2.07. The number of rotatable bonds is 0. The van der Waals surface area contributed by atoms with E-state index in [0.717, 1.165) is 17.4 Å². The van der Waals surface area contributed by atoms with Crippen molar-refractivity contribution in [2.75, 3.05) is 20.6 Å². The fourth-order valence-electron chi connectivity index (χ4n) is 1.81. The maximum absolute atomic E-state index is 11.5. The highest BCUT2D eigenvalue weighted by Gasteiger charge is 2.48. The minimum atomic E-state index is 0.0926. The Hall–Kier alpha value is -0.370. The second kappa shape index (κ2) is 2.56. The van der Waals surface area contributed by atoms with E-state index in [0.29, 0.717) is 5.78 Å². The Morgan fingerprint density at radius 1 is 1.42 bits per heavy atom. The zero-order valence-corrected chi connectivity index (χ0v) is 8.85. The molecule has 1 saturated heterocycles. The number of carbonyl (C=O) groups is 1. The third-order valence-electron chi connectivity index (χ3n) is 4.02. The molecule has 2 heteroatoms. The Morgan fingerprint density at radius 3 is 2.33 bits per heavy atom. The van der Waals surface area contributed by atoms with Crippen LogP contribution in [0.15, 0.2) is 0 Å². The summed E-state index contributed by atoms with van der Waals surface area (Å²) in [5.41, 5.74) is 0.0926. The number of hydrogen-bond donors (Lipinski definition) is 0. The molecule has 70 valence electrons. The van der Waals surface area contributed by atoms with Gasteiger partial charge in [-0.2, -0.15) is 0 Å². The minimum Gasteiger partial charge on any atom is -0.323 e. The molecule has 0 saturated carbocycles. The predicted molar refractivity (Wildman–Crippen MR) is 49.8 cm³/mol. The summed E-state index contributed by atoms with van der Waals surface area (Å²) in [6, 6.07) is 0. The Bertz CT molecular complexity index is 206. The van der Waals surface area contributed by atoms with E-state index >= 15 is 0 Å². The molecule has 1 atom stereocenters. The molecule has 1 aliphatic heterocycles. The topological polar surface area (TPSA) is 17.1 Å². The van der Waals surface area contributed by atoms with E-state index in [-0.39, 0.29) is 11.5 Å². The first-order valence-electron chi connectivity index (χ1n) is 4.65. The summed E-state index contributed by atoms with van der Waals surface area (Å²) < 4.78 is 0.958. The molecule has 0 amide bonds. The van der Waals surface area contributed by atoms with Gasteiger partial charge in [-0.25, -0.2) is 0 Å². The smallest absolute Gasteiger partial charge is 0.147 e. The van der Waals surface area contributed by atoms with E-state index < -0.39 is 0 Å². The van der Waals surface area contributed by atoms with E-state index in [2.05, 4.69) is 34.9 Å². The van der Waals surface area contributed by atoms with Crippen LogP contribution in [0.2, 0.25) is 0 Å². The lowest BCUT2D eigenvalue weighted by Crippen LogP contribution is -2.64. The molecule has 0 radical (unpaired) electrons. The third-order valence-corrected chi connectivity index (χ3v) is 4.02. The number of quaternary nitrogens is 1. The second-order valence-electron chi connectivity index (χ2n) is 5.00. The minimum absolute atomic E-state index is 0.0926. The summed E-state index contributed by atoms with van der Waals surface area (Å²) >= 11 is 0. The number of hydrogen-bond acceptors (Lipinski definition) is 1. The lowest BCUT2D eigenvalue weighted by atomic mass is 9.78. The monoisotopic (exact) mass is 170 g/mol. The van der Waals surface area contributed by atoms with Gasteiger partial charge < -0.3 is 4.48 Å². The predicted octanol–water partition coefficient (Wildman–Crippen LogP) is 1.45. The molecular weight excluding hydrogens is 150 g/mol. The van der Waals surface area contributed by atoms with E-state index in [1.54, 1.807) is 0 Å². The maximum Gasteiger partial charge on any atom is 0.147 e. The highest BCUT2D eigenvalue weighted by atomic mass is 16.1. The van der Waals surface area contributed by atoms with Crippen molar-refractivity contribution in [3.63, 3.8) is 0 Å². The fraction of sp³-hybridized carbons (Fsp3) is 0.900. The maximum atomic E-state index is 11.5. The molecule has 0 spiro atoms. The second-order valence-corrected chi connectivity index (χ2v) is 5.00. The Labute approximate surface area is 75.1 Å². The van der Waals surface area contributed by atoms with Crippen LogP contribution in [0, 0.1) is 5.92 Å². The molecule has 1 heterocycles. The van der Waals surface area contributed by atoms with Gasteiger partial charge in [-0.1, -0.05) is 0 Å². The van der Waals surface area contributed by atoms with E-state index in [1.165, 1.54) is 0 Å². The van der Waals surface area contributed by atoms with Crippen molar-refractivity contribution in [2.24, 2.45) is 5.92 Å². The molecule has 0 aromatic heterocycles. The molecule has 0 bridgehead atoms. The summed E-state index contributed by atoms with van der Waals surface area (Å²) in [5, 5.41) is 0. The first-order valence-corrected chi connectivity index (χ1v) is 4.65. The molecule has 2 nitrogen and oxygen atoms in total. The Balaban J connectivity index is 2.96. The summed E-state index contributed by atoms with van der Waals surface area (Å²) in [4.78, 5) is 11.5. The zero-order chi connectivity index (χ0) is 9.57. The molecule has 12 heavy (non-hydrogen) atoms. The van der Waals surface area contributed by atoms with Crippen LogP contribution in [-0.4, -0.2) is 36.4 Å². The van der Waals surface area contributed by atoms with Crippen LogP contribution in [0.5, 0.6) is 0 Å². The number of Topliss-reactive ketones (excluding diaryl/α,β-unsaturated/α-hetero) is 1. The fourth-order valence-corrected chi connectivity index (χ4v) is 1.81. The molecule has 0 aliphatic carbocycles. The molecule has 0 N–H and O–H groups in total. The van der Waals surface area contributed by atoms with Gasteiger partial charge in [0.05, 0.1) is 33.0 Å². The average molecular weight is 170 g/mol. The van der Waals surface area contributed by atoms with E-state index in [9.17, 15) is 4.79 Å². The number of ketones is 1. The van der Waals surface area contributed by atoms with Crippen molar-refractivity contribution in [1.82, 2.24) is 0 Å². The van der Waals surface area contributed by atoms with Gasteiger partial charge in [0.2, 0.25) is 0 Å². The summed E-state index contributed by atoms with van der Waals surface area (Å²) in [6.07, 6.45) is 0.748. The standard InChI is InChI=1S/C10H20NO/c1-8-9(12)6-7-11(4,5)10(8,2)3/h8H,6-7H2,1-5H3/q+1. The normalized spacial score (nSPS) is 33.4. The van der Waals surface area contributed by atoms with Gasteiger partial charge in [0.1, 0.15) is 11.3 Å². The summed E-state index contributed by atoms with van der Waals surface area (Å²) in [7, 11) is 4.42. The van der Waals surface area contributed by atoms with Gasteiger partial charge in [-0.15, -0.1) is 0 Å². The van der Waals surface area contributed by atoms with Crippen LogP contribution in [0.1, 0.15) is 27.2 Å². The van der Waals surface area contributed by atoms with Gasteiger partial charge in [0, 0.05) is 0 Å². The largest absolute Gasteiger partial charge is 0.323 e. The molecule has 1 aliphatic rings. The van der Waals surface area contributed by atoms with Crippen LogP contribution < -0.4 is 0 Å². The Morgan fingerprint density at radius 2 is 1.92 bits per heavy atom. The average Bonchev–Trinajstić information content (AvgIpc) is 1.96. The van der Waals surface area contributed by atoms with Crippen molar-refractivity contribution in [3.05, 3.63) is 0 Å². The zero-order valence-electron chi connectivity index (χ0n) is 8.85. The lowest BCUT2D eigenvalue weighted by Gasteiger charge is -2.50. The highest BCUT2D eigenvalue weighted by Crippen LogP contribution is 2.34. The first-order chi connectivity index (χ1) is 5.29. The van der Waals surface area contributed by atoms with E-state index in [1.807, 2.05) is 0 Å². The van der Waals surface area contributed by atoms with Crippen LogP contribution >= 0.6 is 0 Å². The molecule has 1 rings (SSSR count). The van der Waals surface area contributed by atoms with Gasteiger partial charge in [-0.3, -0.25) is 4.79 Å². The molecule has 0 aromatic rings. The van der Waals surface area contributed by atoms with Crippen molar-refractivity contribution in [1.29, 1.82) is 0 Å². The van der Waals surface area contributed by atoms with Gasteiger partial charge >= 0.3 is 0 Å². The van der Waals surface area contributed by atoms with E-state index in [4.69, 9.17) is 0 Å². The quantitative estimate of drug-likeness (QED) is 0.503. The van der Waals surface area contributed by atoms with Gasteiger partial charge in [-0.05, 0) is 20.8 Å². The number of likely N-dealkylation sites (tertiary alicyclic amines) is 1. The van der Waals surface area contributed by atoms with Crippen molar-refractivity contribution < 1.29 is 9.28 Å². The number of nitrogens with zero attached hydrogens (tertiary/aromatic N) is 1. The molecule has 0 aromatic carbocycles. The highest BCUT2D eigenvalue weighted by molar-refractivity contribution is 5.82. The van der Waals surface area contributed by atoms with Crippen LogP contribution in [0.3, 0.4) is 0 Å². The lowest BCUT2D eigenvalue weighted by molar-refractivity contribution is -0.943. The van der Waals surface area contributed by atoms with Crippen molar-refractivity contribution >= 4 is 5.78 Å².